The van der Waals surface area contributed by atoms with Crippen molar-refractivity contribution in [2.75, 3.05) is 0 Å². The van der Waals surface area contributed by atoms with Crippen LogP contribution in [0.5, 0.6) is 11.5 Å². The number of ether oxygens (including phenoxy) is 2. The van der Waals surface area contributed by atoms with Crippen LogP contribution in [-0.4, -0.2) is 93.9 Å². The molecule has 0 saturated heterocycles. The molecule has 7 rings (SSSR count). The topological polar surface area (TPSA) is 168 Å². The van der Waals surface area contributed by atoms with E-state index in [2.05, 4.69) is 35.9 Å². The van der Waals surface area contributed by atoms with Crippen LogP contribution in [0.1, 0.15) is 51.4 Å². The van der Waals surface area contributed by atoms with Crippen molar-refractivity contribution in [1.82, 2.24) is 39.1 Å². The zero-order chi connectivity index (χ0) is 56.3. The van der Waals surface area contributed by atoms with E-state index in [9.17, 15) is 93.9 Å². The number of ketones is 1. The Morgan fingerprint density at radius 3 is 1.33 bits per heavy atom. The van der Waals surface area contributed by atoms with E-state index in [0.717, 1.165) is 44.9 Å². The molecule has 0 bridgehead atoms. The first kappa shape index (κ1) is 57.1. The van der Waals surface area contributed by atoms with Crippen LogP contribution >= 0.6 is 23.2 Å². The normalized spacial score (nSPS) is 14.2. The van der Waals surface area contributed by atoms with Crippen molar-refractivity contribution in [3.05, 3.63) is 93.7 Å². The Hall–Kier alpha value is -7.17. The zero-order valence-electron chi connectivity index (χ0n) is 36.7. The smallest absolute Gasteiger partial charge is 0.437 e. The lowest BCUT2D eigenvalue weighted by molar-refractivity contribution is -0.351. The molecule has 14 nitrogen and oxygen atoms in total. The van der Waals surface area contributed by atoms with Crippen molar-refractivity contribution in [3.63, 3.8) is 0 Å². The summed E-state index contributed by atoms with van der Waals surface area (Å²) < 4.78 is 251. The van der Waals surface area contributed by atoms with Crippen LogP contribution in [-0.2, 0) is 25.4 Å². The van der Waals surface area contributed by atoms with E-state index >= 15 is 0 Å². The molecule has 0 aliphatic heterocycles. The van der Waals surface area contributed by atoms with E-state index in [1.807, 2.05) is 0 Å². The molecule has 4 aromatic heterocycles. The summed E-state index contributed by atoms with van der Waals surface area (Å²) >= 11 is 11.9. The standard InChI is InChI=1S/C23H15ClF9N5O2.C18H10ClF9N4O3/c1-37-18(16(40-19(25)26)17(36-37)21(27,22(28,29)30)23(31,32)33)38-9-12(8-35-38)11-2-3-14(24)13(6-11)15(39)7-20(10-34)4-5-20;1-31-13(32-6-8(5-29-32)7-2-3-10(19)9(4-7)14(33)34)11(35-15(20)21)12(30-31)16(22,17(23,24)25)18(26,27)28/h2-3,6,8-9,19H,4-5,7H2,1H3;2-6,15H,1H3,(H,33,34). The first-order valence-corrected chi connectivity index (χ1v) is 20.8. The number of carbonyl (C=O) groups is 2. The minimum Gasteiger partial charge on any atom is -0.478 e. The first-order valence-electron chi connectivity index (χ1n) is 20.0. The van der Waals surface area contributed by atoms with E-state index in [-0.39, 0.29) is 59.2 Å². The van der Waals surface area contributed by atoms with E-state index in [0.29, 0.717) is 22.2 Å². The Morgan fingerprint density at radius 1 is 0.653 bits per heavy atom. The van der Waals surface area contributed by atoms with Gasteiger partial charge in [-0.2, -0.15) is 95.9 Å². The number of nitrogens with zero attached hydrogens (tertiary/aromatic N) is 9. The van der Waals surface area contributed by atoms with Gasteiger partial charge in [-0.15, -0.1) is 0 Å². The van der Waals surface area contributed by atoms with Crippen LogP contribution in [0, 0.1) is 16.7 Å². The van der Waals surface area contributed by atoms with Crippen LogP contribution in [0.3, 0.4) is 0 Å². The highest BCUT2D eigenvalue weighted by Crippen LogP contribution is 2.58. The number of aryl methyl sites for hydroxylation is 2. The van der Waals surface area contributed by atoms with Crippen molar-refractivity contribution in [3.8, 4) is 51.5 Å². The van der Waals surface area contributed by atoms with Gasteiger partial charge in [0, 0.05) is 49.6 Å². The summed E-state index contributed by atoms with van der Waals surface area (Å²) in [5.41, 5.74) is -17.9. The largest absolute Gasteiger partial charge is 0.478 e. The predicted octanol–water partition coefficient (Wildman–Crippen LogP) is 12.2. The molecule has 2 aromatic carbocycles. The molecule has 404 valence electrons. The fourth-order valence-corrected chi connectivity index (χ4v) is 7.47. The summed E-state index contributed by atoms with van der Waals surface area (Å²) in [5.74, 6) is -7.55. The van der Waals surface area contributed by atoms with Gasteiger partial charge < -0.3 is 14.6 Å². The monoisotopic (exact) mass is 1140 g/mol. The number of benzene rings is 2. The van der Waals surface area contributed by atoms with Crippen LogP contribution in [0.15, 0.2) is 61.2 Å². The number of carboxylic acid groups (broad SMARTS) is 1. The molecule has 0 atom stereocenters. The fraction of sp³-hybridized carbons (Fsp3) is 0.341. The Kier molecular flexibility index (Phi) is 15.1. The maximum atomic E-state index is 14.8. The van der Waals surface area contributed by atoms with Gasteiger partial charge in [0.2, 0.25) is 0 Å². The van der Waals surface area contributed by atoms with E-state index in [1.54, 1.807) is 0 Å². The summed E-state index contributed by atoms with van der Waals surface area (Å²) in [6, 6.07) is 9.72. The number of halogens is 20. The van der Waals surface area contributed by atoms with Gasteiger partial charge in [-0.05, 0) is 48.2 Å². The number of rotatable bonds is 14. The molecular weight excluding hydrogens is 1110 g/mol. The molecule has 4 heterocycles. The molecule has 75 heavy (non-hydrogen) atoms. The number of nitriles is 1. The third-order valence-corrected chi connectivity index (χ3v) is 11.6. The molecule has 34 heteroatoms. The second kappa shape index (κ2) is 19.8. The zero-order valence-corrected chi connectivity index (χ0v) is 38.2. The van der Waals surface area contributed by atoms with Gasteiger partial charge in [0.15, 0.2) is 40.3 Å². The second-order valence-corrected chi connectivity index (χ2v) is 16.7. The molecule has 1 N–H and O–H groups in total. The average molecular weight is 1140 g/mol. The van der Waals surface area contributed by atoms with Gasteiger partial charge in [-0.25, -0.2) is 32.3 Å². The molecule has 1 aliphatic rings. The summed E-state index contributed by atoms with van der Waals surface area (Å²) in [6.45, 7) is -7.93. The Bertz CT molecular complexity index is 3160. The third-order valence-electron chi connectivity index (χ3n) is 10.9. The fourth-order valence-electron chi connectivity index (χ4n) is 7.04. The second-order valence-electron chi connectivity index (χ2n) is 15.8. The molecule has 0 radical (unpaired) electrons. The quantitative estimate of drug-likeness (QED) is 0.0819. The Morgan fingerprint density at radius 2 is 1.01 bits per heavy atom. The van der Waals surface area contributed by atoms with Crippen molar-refractivity contribution >= 4 is 35.0 Å². The lowest BCUT2D eigenvalue weighted by atomic mass is 9.95. The van der Waals surface area contributed by atoms with E-state index in [1.165, 1.54) is 30.3 Å². The number of aromatic nitrogens is 8. The summed E-state index contributed by atoms with van der Waals surface area (Å²) in [4.78, 5) is 24.0. The molecule has 1 saturated carbocycles. The van der Waals surface area contributed by atoms with Gasteiger partial charge in [0.1, 0.15) is 0 Å². The third kappa shape index (κ3) is 10.7. The van der Waals surface area contributed by atoms with Crippen LogP contribution < -0.4 is 9.47 Å². The van der Waals surface area contributed by atoms with Crippen molar-refractivity contribution in [1.29, 1.82) is 5.26 Å². The summed E-state index contributed by atoms with van der Waals surface area (Å²) in [6.07, 6.45) is -21.7. The number of Topliss-reactive ketones (excluding diaryl/α,β-unsaturated/α-hetero) is 1. The van der Waals surface area contributed by atoms with Gasteiger partial charge in [0.25, 0.3) is 0 Å². The predicted molar refractivity (Wildman–Crippen MR) is 218 cm³/mol. The van der Waals surface area contributed by atoms with Gasteiger partial charge >= 0.3 is 55.2 Å². The Balaban J connectivity index is 0.000000246. The molecule has 6 aromatic rings. The average Bonchev–Trinajstić information content (AvgIpc) is 3.63. The molecule has 1 aliphatic carbocycles. The number of hydrogen-bond donors (Lipinski definition) is 1. The van der Waals surface area contributed by atoms with Crippen molar-refractivity contribution < 1.29 is 103 Å². The SMILES string of the molecule is Cn1nc(C(F)(C(F)(F)F)C(F)(F)F)c(OC(F)F)c1-n1cc(-c2ccc(Cl)c(C(=O)CC3(C#N)CC3)c2)cn1.Cn1nc(C(F)(C(F)(F)F)C(F)(F)F)c(OC(F)F)c1-n1cc(-c2ccc(Cl)c(C(=O)O)c2)cn1. The highest BCUT2D eigenvalue weighted by Gasteiger charge is 2.77. The van der Waals surface area contributed by atoms with Crippen molar-refractivity contribution in [2.45, 2.75) is 68.5 Å². The lowest BCUT2D eigenvalue weighted by Crippen LogP contribution is -2.51. The molecule has 0 amide bonds. The highest BCUT2D eigenvalue weighted by molar-refractivity contribution is 6.34. The molecule has 0 spiro atoms. The minimum absolute atomic E-state index is 0.0352. The van der Waals surface area contributed by atoms with Gasteiger partial charge in [-0.1, -0.05) is 35.3 Å². The number of carbonyl (C=O) groups excluding carboxylic acids is 1. The highest BCUT2D eigenvalue weighted by atomic mass is 35.5. The molecule has 0 unspecified atom stereocenters. The maximum absolute atomic E-state index is 14.8. The summed E-state index contributed by atoms with van der Waals surface area (Å²) in [5, 5.41) is 31.6. The number of carboxylic acids is 1. The first-order chi connectivity index (χ1) is 34.4. The van der Waals surface area contributed by atoms with Gasteiger partial charge in [-0.3, -0.25) is 4.79 Å². The summed E-state index contributed by atoms with van der Waals surface area (Å²) in [7, 11) is 1.52. The minimum atomic E-state index is -6.65. The van der Waals surface area contributed by atoms with Gasteiger partial charge in [0.05, 0.1) is 39.5 Å². The van der Waals surface area contributed by atoms with Crippen LogP contribution in [0.4, 0.5) is 79.0 Å². The number of aromatic carboxylic acids is 1. The maximum Gasteiger partial charge on any atom is 0.437 e. The van der Waals surface area contributed by atoms with Crippen molar-refractivity contribution in [2.24, 2.45) is 19.5 Å². The lowest BCUT2D eigenvalue weighted by Gasteiger charge is -2.28. The van der Waals surface area contributed by atoms with Crippen LogP contribution in [0.25, 0.3) is 33.9 Å². The van der Waals surface area contributed by atoms with E-state index in [4.69, 9.17) is 28.3 Å². The molecular formula is C41H25Cl2F18N9O5. The number of alkyl halides is 18. The molecule has 1 fully saturated rings. The van der Waals surface area contributed by atoms with Crippen LogP contribution in [0.2, 0.25) is 10.0 Å². The van der Waals surface area contributed by atoms with E-state index < -0.39 is 101 Å². The number of hydrogen-bond acceptors (Lipinski definition) is 9. The Labute approximate surface area is 415 Å².